The van der Waals surface area contributed by atoms with Crippen molar-refractivity contribution < 1.29 is 19.0 Å². The number of benzene rings is 2. The molecule has 7 heteroatoms. The van der Waals surface area contributed by atoms with Crippen molar-refractivity contribution in [2.45, 2.75) is 0 Å². The molecule has 7 nitrogen and oxygen atoms in total. The van der Waals surface area contributed by atoms with E-state index in [0.29, 0.717) is 28.6 Å². The van der Waals surface area contributed by atoms with Gasteiger partial charge >= 0.3 is 0 Å². The summed E-state index contributed by atoms with van der Waals surface area (Å²) >= 11 is 0. The number of hydrogen-bond donors (Lipinski definition) is 2. The van der Waals surface area contributed by atoms with Crippen LogP contribution in [0.5, 0.6) is 17.2 Å². The van der Waals surface area contributed by atoms with Crippen molar-refractivity contribution in [3.63, 3.8) is 0 Å². The number of anilines is 3. The highest BCUT2D eigenvalue weighted by Crippen LogP contribution is 2.32. The number of aromatic nitrogens is 1. The Labute approximate surface area is 155 Å². The molecular formula is C20H17N3O4. The fourth-order valence-electron chi connectivity index (χ4n) is 2.63. The van der Waals surface area contributed by atoms with Crippen LogP contribution < -0.4 is 24.8 Å². The molecule has 27 heavy (non-hydrogen) atoms. The number of methoxy groups -OCH3 is 1. The normalized spacial score (nSPS) is 11.7. The smallest absolute Gasteiger partial charge is 0.255 e. The van der Waals surface area contributed by atoms with Gasteiger partial charge in [-0.25, -0.2) is 4.98 Å². The quantitative estimate of drug-likeness (QED) is 0.717. The molecule has 1 aliphatic rings. The Hall–Kier alpha value is -3.74. The van der Waals surface area contributed by atoms with Crippen molar-refractivity contribution in [2.24, 2.45) is 0 Å². The summed E-state index contributed by atoms with van der Waals surface area (Å²) in [6.07, 6.45) is 1.59. The van der Waals surface area contributed by atoms with E-state index in [9.17, 15) is 4.79 Å². The topological polar surface area (TPSA) is 81.7 Å². The average molecular weight is 363 g/mol. The molecule has 4 rings (SSSR count). The summed E-state index contributed by atoms with van der Waals surface area (Å²) in [5.74, 6) is 2.38. The molecular weight excluding hydrogens is 346 g/mol. The lowest BCUT2D eigenvalue weighted by molar-refractivity contribution is 0.102. The maximum Gasteiger partial charge on any atom is 0.255 e. The number of carbonyl (C=O) groups excluding carboxylic acids is 1. The number of carbonyl (C=O) groups is 1. The number of hydrogen-bond acceptors (Lipinski definition) is 6. The Balaban J connectivity index is 1.42. The molecule has 2 heterocycles. The van der Waals surface area contributed by atoms with E-state index < -0.39 is 0 Å². The first-order valence-electron chi connectivity index (χ1n) is 8.29. The van der Waals surface area contributed by atoms with Gasteiger partial charge in [0.1, 0.15) is 11.6 Å². The minimum absolute atomic E-state index is 0.173. The maximum atomic E-state index is 12.4. The van der Waals surface area contributed by atoms with Crippen LogP contribution in [0.2, 0.25) is 0 Å². The molecule has 1 aromatic heterocycles. The van der Waals surface area contributed by atoms with Gasteiger partial charge in [-0.1, -0.05) is 6.07 Å². The molecule has 2 aromatic carbocycles. The Kier molecular flexibility index (Phi) is 4.49. The second-order valence-corrected chi connectivity index (χ2v) is 5.81. The SMILES string of the molecule is COc1cccc(Nc2ccc(NC(=O)c3ccc4c(c3)OCO4)cn2)c1. The summed E-state index contributed by atoms with van der Waals surface area (Å²) in [5.41, 5.74) is 1.94. The monoisotopic (exact) mass is 363 g/mol. The lowest BCUT2D eigenvalue weighted by Crippen LogP contribution is -2.12. The van der Waals surface area contributed by atoms with Gasteiger partial charge in [-0.3, -0.25) is 4.79 Å². The molecule has 0 saturated carbocycles. The van der Waals surface area contributed by atoms with E-state index in [1.165, 1.54) is 0 Å². The van der Waals surface area contributed by atoms with Gasteiger partial charge in [0.05, 0.1) is 19.0 Å². The van der Waals surface area contributed by atoms with E-state index in [-0.39, 0.29) is 12.7 Å². The number of nitrogens with one attached hydrogen (secondary N) is 2. The first-order valence-corrected chi connectivity index (χ1v) is 8.29. The molecule has 3 aromatic rings. The number of nitrogens with zero attached hydrogens (tertiary/aromatic N) is 1. The van der Waals surface area contributed by atoms with E-state index in [1.54, 1.807) is 43.6 Å². The molecule has 1 aliphatic heterocycles. The standard InChI is InChI=1S/C20H17N3O4/c1-25-16-4-2-3-14(10-16)22-19-8-6-15(11-21-19)23-20(24)13-5-7-17-18(9-13)27-12-26-17/h2-11H,12H2,1H3,(H,21,22)(H,23,24). The molecule has 0 aliphatic carbocycles. The Morgan fingerprint density at radius 2 is 1.93 bits per heavy atom. The summed E-state index contributed by atoms with van der Waals surface area (Å²) in [7, 11) is 1.62. The third-order valence-corrected chi connectivity index (χ3v) is 4.00. The predicted molar refractivity (Wildman–Crippen MR) is 101 cm³/mol. The average Bonchev–Trinajstić information content (AvgIpc) is 3.17. The second-order valence-electron chi connectivity index (χ2n) is 5.81. The lowest BCUT2D eigenvalue weighted by atomic mass is 10.2. The Morgan fingerprint density at radius 3 is 2.74 bits per heavy atom. The van der Waals surface area contributed by atoms with Crippen LogP contribution >= 0.6 is 0 Å². The number of pyridine rings is 1. The highest BCUT2D eigenvalue weighted by molar-refractivity contribution is 6.04. The zero-order chi connectivity index (χ0) is 18.6. The Bertz CT molecular complexity index is 973. The summed E-state index contributed by atoms with van der Waals surface area (Å²) in [6.45, 7) is 0.173. The summed E-state index contributed by atoms with van der Waals surface area (Å²) in [4.78, 5) is 16.7. The maximum absolute atomic E-state index is 12.4. The van der Waals surface area contributed by atoms with Gasteiger partial charge in [-0.2, -0.15) is 0 Å². The predicted octanol–water partition coefficient (Wildman–Crippen LogP) is 3.81. The van der Waals surface area contributed by atoms with E-state index >= 15 is 0 Å². The summed E-state index contributed by atoms with van der Waals surface area (Å²) in [5, 5.41) is 6.00. The molecule has 0 saturated heterocycles. The molecule has 0 atom stereocenters. The lowest BCUT2D eigenvalue weighted by Gasteiger charge is -2.09. The van der Waals surface area contributed by atoms with Crippen molar-refractivity contribution in [3.05, 3.63) is 66.4 Å². The largest absolute Gasteiger partial charge is 0.497 e. The van der Waals surface area contributed by atoms with Crippen LogP contribution in [0.3, 0.4) is 0 Å². The highest BCUT2D eigenvalue weighted by atomic mass is 16.7. The molecule has 0 radical (unpaired) electrons. The Morgan fingerprint density at radius 1 is 1.04 bits per heavy atom. The van der Waals surface area contributed by atoms with Gasteiger partial charge in [0, 0.05) is 17.3 Å². The van der Waals surface area contributed by atoms with Gasteiger partial charge < -0.3 is 24.8 Å². The number of ether oxygens (including phenoxy) is 3. The summed E-state index contributed by atoms with van der Waals surface area (Å²) < 4.78 is 15.7. The van der Waals surface area contributed by atoms with Crippen LogP contribution in [-0.4, -0.2) is 24.8 Å². The second kappa shape index (κ2) is 7.25. The zero-order valence-corrected chi connectivity index (χ0v) is 14.6. The van der Waals surface area contributed by atoms with Crippen LogP contribution in [0.4, 0.5) is 17.2 Å². The third-order valence-electron chi connectivity index (χ3n) is 4.00. The number of rotatable bonds is 5. The van der Waals surface area contributed by atoms with Gasteiger partial charge in [0.25, 0.3) is 5.91 Å². The van der Waals surface area contributed by atoms with Crippen molar-refractivity contribution in [1.29, 1.82) is 0 Å². The molecule has 0 bridgehead atoms. The van der Waals surface area contributed by atoms with Gasteiger partial charge in [0.15, 0.2) is 11.5 Å². The highest BCUT2D eigenvalue weighted by Gasteiger charge is 2.16. The van der Waals surface area contributed by atoms with Crippen molar-refractivity contribution >= 4 is 23.1 Å². The van der Waals surface area contributed by atoms with Crippen molar-refractivity contribution in [1.82, 2.24) is 4.98 Å². The summed E-state index contributed by atoms with van der Waals surface area (Å²) in [6, 6.07) is 16.2. The van der Waals surface area contributed by atoms with Crippen LogP contribution in [0.1, 0.15) is 10.4 Å². The molecule has 0 spiro atoms. The third kappa shape index (κ3) is 3.77. The fraction of sp³-hybridized carbons (Fsp3) is 0.100. The molecule has 0 unspecified atom stereocenters. The van der Waals surface area contributed by atoms with E-state index in [0.717, 1.165) is 11.4 Å². The van der Waals surface area contributed by atoms with Crippen LogP contribution in [0, 0.1) is 0 Å². The minimum atomic E-state index is -0.247. The number of amides is 1. The van der Waals surface area contributed by atoms with E-state index in [2.05, 4.69) is 15.6 Å². The first-order chi connectivity index (χ1) is 13.2. The molecule has 2 N–H and O–H groups in total. The van der Waals surface area contributed by atoms with Gasteiger partial charge in [0.2, 0.25) is 6.79 Å². The first kappa shape index (κ1) is 16.7. The molecule has 0 fully saturated rings. The fourth-order valence-corrected chi connectivity index (χ4v) is 2.63. The van der Waals surface area contributed by atoms with Gasteiger partial charge in [-0.05, 0) is 42.5 Å². The van der Waals surface area contributed by atoms with Crippen LogP contribution in [0.25, 0.3) is 0 Å². The van der Waals surface area contributed by atoms with Gasteiger partial charge in [-0.15, -0.1) is 0 Å². The molecule has 136 valence electrons. The van der Waals surface area contributed by atoms with Crippen molar-refractivity contribution in [3.8, 4) is 17.2 Å². The number of fused-ring (bicyclic) bond motifs is 1. The van der Waals surface area contributed by atoms with Crippen LogP contribution in [0.15, 0.2) is 60.8 Å². The van der Waals surface area contributed by atoms with Crippen LogP contribution in [-0.2, 0) is 0 Å². The van der Waals surface area contributed by atoms with Crippen molar-refractivity contribution in [2.75, 3.05) is 24.5 Å². The molecule has 1 amide bonds. The van der Waals surface area contributed by atoms with E-state index in [1.807, 2.05) is 24.3 Å². The zero-order valence-electron chi connectivity index (χ0n) is 14.6. The van der Waals surface area contributed by atoms with E-state index in [4.69, 9.17) is 14.2 Å². The minimum Gasteiger partial charge on any atom is -0.497 e.